The van der Waals surface area contributed by atoms with E-state index >= 15 is 0 Å². The number of fused-ring (bicyclic) bond motifs is 1. The summed E-state index contributed by atoms with van der Waals surface area (Å²) in [6.45, 7) is 5.25. The van der Waals surface area contributed by atoms with Gasteiger partial charge in [0.05, 0.1) is 5.52 Å². The molecule has 0 radical (unpaired) electrons. The van der Waals surface area contributed by atoms with Gasteiger partial charge in [-0.25, -0.2) is 0 Å². The van der Waals surface area contributed by atoms with Crippen molar-refractivity contribution in [1.82, 2.24) is 4.57 Å². The summed E-state index contributed by atoms with van der Waals surface area (Å²) in [5.74, 6) is -0.00162. The number of hydrogen-bond donors (Lipinski definition) is 1. The number of benzene rings is 1. The van der Waals surface area contributed by atoms with E-state index < -0.39 is 0 Å². The summed E-state index contributed by atoms with van der Waals surface area (Å²) in [4.78, 5) is 11.6. The molecule has 2 N–H and O–H groups in total. The van der Waals surface area contributed by atoms with Crippen LogP contribution in [0.1, 0.15) is 29.7 Å². The summed E-state index contributed by atoms with van der Waals surface area (Å²) >= 11 is 0. The lowest BCUT2D eigenvalue weighted by molar-refractivity contribution is 0.0941. The molecule has 96 valence electrons. The normalized spacial score (nSPS) is 11.9. The van der Waals surface area contributed by atoms with Crippen molar-refractivity contribution in [1.29, 1.82) is 0 Å². The smallest absolute Gasteiger partial charge is 0.227 e. The van der Waals surface area contributed by atoms with Crippen molar-refractivity contribution in [2.75, 3.05) is 0 Å². The molecule has 0 fully saturated rings. The molecule has 2 rings (SSSR count). The summed E-state index contributed by atoms with van der Waals surface area (Å²) in [7, 11) is 0. The van der Waals surface area contributed by atoms with Gasteiger partial charge in [0.1, 0.15) is 0 Å². The summed E-state index contributed by atoms with van der Waals surface area (Å²) in [5.41, 5.74) is 8.00. The zero-order valence-corrected chi connectivity index (χ0v) is 11.1. The predicted octanol–water partition coefficient (Wildman–Crippen LogP) is 3.30. The van der Waals surface area contributed by atoms with Gasteiger partial charge in [-0.1, -0.05) is 24.3 Å². The van der Waals surface area contributed by atoms with Crippen LogP contribution in [0.25, 0.3) is 10.9 Å². The number of carbonyl (C=O) groups excluding carboxylic acids is 1. The number of carbonyl (C=O) groups is 1. The molecule has 0 bridgehead atoms. The van der Waals surface area contributed by atoms with Crippen LogP contribution in [0.5, 0.6) is 0 Å². The summed E-state index contributed by atoms with van der Waals surface area (Å²) in [5, 5.41) is 1.04. The van der Waals surface area contributed by atoms with E-state index in [4.69, 9.17) is 5.73 Å². The number of nitrogens with zero attached hydrogens (tertiary/aromatic N) is 1. The van der Waals surface area contributed by atoms with E-state index in [1.54, 1.807) is 17.6 Å². The monoisotopic (exact) mass is 264 g/mol. The van der Waals surface area contributed by atoms with Crippen LogP contribution in [0.2, 0.25) is 0 Å². The zero-order valence-electron chi connectivity index (χ0n) is 10.3. The van der Waals surface area contributed by atoms with Gasteiger partial charge < -0.3 is 5.73 Å². The third-order valence-electron chi connectivity index (χ3n) is 2.90. The minimum Gasteiger partial charge on any atom is -0.324 e. The molecular formula is C14H17ClN2O. The highest BCUT2D eigenvalue weighted by Crippen LogP contribution is 2.27. The molecule has 18 heavy (non-hydrogen) atoms. The molecule has 1 atom stereocenters. The Bertz CT molecular complexity index is 574. The van der Waals surface area contributed by atoms with E-state index in [9.17, 15) is 4.79 Å². The van der Waals surface area contributed by atoms with Crippen molar-refractivity contribution in [2.45, 2.75) is 19.4 Å². The highest BCUT2D eigenvalue weighted by molar-refractivity contribution is 5.93. The van der Waals surface area contributed by atoms with Crippen molar-refractivity contribution in [3.63, 3.8) is 0 Å². The number of aromatic nitrogens is 1. The van der Waals surface area contributed by atoms with Crippen LogP contribution in [0, 0.1) is 0 Å². The Balaban J connectivity index is 0.00000162. The van der Waals surface area contributed by atoms with Crippen molar-refractivity contribution in [3.8, 4) is 0 Å². The number of halogens is 1. The maximum absolute atomic E-state index is 11.6. The molecule has 0 unspecified atom stereocenters. The minimum atomic E-state index is -0.113. The Morgan fingerprint density at radius 2 is 2.17 bits per heavy atom. The Morgan fingerprint density at radius 1 is 1.50 bits per heavy atom. The minimum absolute atomic E-state index is 0. The highest BCUT2D eigenvalue weighted by Gasteiger charge is 2.14. The zero-order chi connectivity index (χ0) is 12.4. The van der Waals surface area contributed by atoms with Gasteiger partial charge in [0.2, 0.25) is 5.91 Å². The fourth-order valence-electron chi connectivity index (χ4n) is 2.07. The topological polar surface area (TPSA) is 48.0 Å². The Morgan fingerprint density at radius 3 is 2.78 bits per heavy atom. The quantitative estimate of drug-likeness (QED) is 0.865. The first-order valence-corrected chi connectivity index (χ1v) is 5.62. The lowest BCUT2D eigenvalue weighted by Crippen LogP contribution is -2.09. The van der Waals surface area contributed by atoms with Gasteiger partial charge in [-0.15, -0.1) is 19.0 Å². The van der Waals surface area contributed by atoms with Gasteiger partial charge in [0.15, 0.2) is 0 Å². The highest BCUT2D eigenvalue weighted by atomic mass is 35.5. The van der Waals surface area contributed by atoms with Crippen LogP contribution < -0.4 is 5.73 Å². The summed E-state index contributed by atoms with van der Waals surface area (Å²) in [6.07, 6.45) is 4.33. The third-order valence-corrected chi connectivity index (χ3v) is 2.90. The summed E-state index contributed by atoms with van der Waals surface area (Å²) in [6, 6.07) is 7.69. The van der Waals surface area contributed by atoms with Gasteiger partial charge in [-0.05, 0) is 18.1 Å². The van der Waals surface area contributed by atoms with Gasteiger partial charge in [0.25, 0.3) is 0 Å². The molecule has 0 amide bonds. The fraction of sp³-hybridized carbons (Fsp3) is 0.214. The maximum atomic E-state index is 11.6. The number of hydrogen-bond acceptors (Lipinski definition) is 2. The van der Waals surface area contributed by atoms with Crippen LogP contribution in [-0.2, 0) is 0 Å². The second-order valence-corrected chi connectivity index (χ2v) is 4.12. The third kappa shape index (κ3) is 2.47. The first kappa shape index (κ1) is 14.5. The van der Waals surface area contributed by atoms with Gasteiger partial charge in [-0.3, -0.25) is 9.36 Å². The summed E-state index contributed by atoms with van der Waals surface area (Å²) < 4.78 is 1.65. The van der Waals surface area contributed by atoms with Crippen molar-refractivity contribution >= 4 is 29.2 Å². The van der Waals surface area contributed by atoms with Crippen molar-refractivity contribution in [2.24, 2.45) is 5.73 Å². The average molecular weight is 265 g/mol. The van der Waals surface area contributed by atoms with Crippen LogP contribution in [-0.4, -0.2) is 10.5 Å². The first-order chi connectivity index (χ1) is 8.15. The van der Waals surface area contributed by atoms with Crippen LogP contribution in [0.15, 0.2) is 43.1 Å². The second kappa shape index (κ2) is 5.85. The number of para-hydroxylation sites is 1. The lowest BCUT2D eigenvalue weighted by Gasteiger charge is -2.06. The molecule has 1 heterocycles. The Hall–Kier alpha value is -1.58. The van der Waals surface area contributed by atoms with E-state index in [1.807, 2.05) is 30.5 Å². The van der Waals surface area contributed by atoms with Crippen molar-refractivity contribution < 1.29 is 4.79 Å². The average Bonchev–Trinajstić information content (AvgIpc) is 2.69. The SMILES string of the molecule is C=CC[C@H](N)c1cn(C(C)=O)c2ccccc12.Cl. The maximum Gasteiger partial charge on any atom is 0.227 e. The molecule has 0 aliphatic carbocycles. The molecule has 0 saturated heterocycles. The Labute approximate surface area is 113 Å². The van der Waals surface area contributed by atoms with Gasteiger partial charge >= 0.3 is 0 Å². The number of rotatable bonds is 3. The molecule has 3 nitrogen and oxygen atoms in total. The number of nitrogens with two attached hydrogens (primary N) is 1. The largest absolute Gasteiger partial charge is 0.324 e. The predicted molar refractivity (Wildman–Crippen MR) is 77.2 cm³/mol. The molecule has 0 aliphatic heterocycles. The van der Waals surface area contributed by atoms with Gasteiger partial charge in [-0.2, -0.15) is 0 Å². The van der Waals surface area contributed by atoms with Crippen LogP contribution in [0.3, 0.4) is 0 Å². The molecule has 1 aromatic heterocycles. The van der Waals surface area contributed by atoms with E-state index in [0.29, 0.717) is 6.42 Å². The Kier molecular flexibility index (Phi) is 4.70. The van der Waals surface area contributed by atoms with E-state index in [-0.39, 0.29) is 24.4 Å². The molecule has 0 aliphatic rings. The van der Waals surface area contributed by atoms with Crippen molar-refractivity contribution in [3.05, 3.63) is 48.7 Å². The molecule has 0 saturated carbocycles. The van der Waals surface area contributed by atoms with Crippen LogP contribution in [0.4, 0.5) is 0 Å². The second-order valence-electron chi connectivity index (χ2n) is 4.12. The molecule has 0 spiro atoms. The fourth-order valence-corrected chi connectivity index (χ4v) is 2.07. The van der Waals surface area contributed by atoms with E-state index in [1.165, 1.54) is 0 Å². The van der Waals surface area contributed by atoms with Gasteiger partial charge in [0, 0.05) is 24.5 Å². The molecule has 2 aromatic rings. The standard InChI is InChI=1S/C14H16N2O.ClH/c1-3-6-13(15)12-9-16(10(2)17)14-8-5-4-7-11(12)14;/h3-5,7-9,13H,1,6,15H2,2H3;1H/t13-;/m0./s1. The van der Waals surface area contributed by atoms with E-state index in [0.717, 1.165) is 16.5 Å². The lowest BCUT2D eigenvalue weighted by atomic mass is 10.0. The van der Waals surface area contributed by atoms with E-state index in [2.05, 4.69) is 6.58 Å². The molecule has 4 heteroatoms. The molecule has 1 aromatic carbocycles. The molecular weight excluding hydrogens is 248 g/mol. The van der Waals surface area contributed by atoms with Crippen LogP contribution >= 0.6 is 12.4 Å². The first-order valence-electron chi connectivity index (χ1n) is 5.62.